The molecule has 0 spiro atoms. The largest absolute Gasteiger partial charge is 0.491 e. The lowest BCUT2D eigenvalue weighted by Gasteiger charge is -2.09. The van der Waals surface area contributed by atoms with Gasteiger partial charge in [0, 0.05) is 5.56 Å². The molecule has 0 saturated carbocycles. The second-order valence-corrected chi connectivity index (χ2v) is 5.99. The number of hydrogen-bond donors (Lipinski definition) is 1. The van der Waals surface area contributed by atoms with E-state index in [2.05, 4.69) is 10.3 Å². The SMILES string of the molecule is Cc1ccccc1C1=N/C(=C/c2ccc(OC(C)C)cc2)C(=O)N1. The van der Waals surface area contributed by atoms with Gasteiger partial charge in [0.05, 0.1) is 6.10 Å². The molecule has 24 heavy (non-hydrogen) atoms. The van der Waals surface area contributed by atoms with Crippen molar-refractivity contribution in [3.8, 4) is 5.75 Å². The Morgan fingerprint density at radius 2 is 1.79 bits per heavy atom. The highest BCUT2D eigenvalue weighted by Crippen LogP contribution is 2.19. The van der Waals surface area contributed by atoms with Crippen LogP contribution in [0.2, 0.25) is 0 Å². The molecule has 1 N–H and O–H groups in total. The van der Waals surface area contributed by atoms with E-state index >= 15 is 0 Å². The van der Waals surface area contributed by atoms with E-state index in [4.69, 9.17) is 4.74 Å². The summed E-state index contributed by atoms with van der Waals surface area (Å²) in [6.45, 7) is 5.97. The summed E-state index contributed by atoms with van der Waals surface area (Å²) in [6.07, 6.45) is 1.91. The number of ether oxygens (including phenoxy) is 1. The number of nitrogens with zero attached hydrogens (tertiary/aromatic N) is 1. The number of amides is 1. The summed E-state index contributed by atoms with van der Waals surface area (Å²) in [7, 11) is 0. The third kappa shape index (κ3) is 3.54. The average molecular weight is 320 g/mol. The second-order valence-electron chi connectivity index (χ2n) is 5.99. The predicted octanol–water partition coefficient (Wildman–Crippen LogP) is 3.70. The molecule has 0 atom stereocenters. The van der Waals surface area contributed by atoms with Crippen LogP contribution in [0.3, 0.4) is 0 Å². The Morgan fingerprint density at radius 3 is 2.46 bits per heavy atom. The van der Waals surface area contributed by atoms with E-state index in [1.54, 1.807) is 6.08 Å². The van der Waals surface area contributed by atoms with Crippen LogP contribution in [0.4, 0.5) is 0 Å². The first-order chi connectivity index (χ1) is 11.5. The smallest absolute Gasteiger partial charge is 0.275 e. The summed E-state index contributed by atoms with van der Waals surface area (Å²) >= 11 is 0. The third-order valence-electron chi connectivity index (χ3n) is 3.65. The van der Waals surface area contributed by atoms with Gasteiger partial charge in [-0.3, -0.25) is 4.79 Å². The molecule has 3 rings (SSSR count). The quantitative estimate of drug-likeness (QED) is 0.873. The van der Waals surface area contributed by atoms with E-state index in [9.17, 15) is 4.79 Å². The van der Waals surface area contributed by atoms with Crippen LogP contribution in [0.15, 0.2) is 59.2 Å². The minimum Gasteiger partial charge on any atom is -0.491 e. The van der Waals surface area contributed by atoms with Crippen molar-refractivity contribution in [2.24, 2.45) is 4.99 Å². The van der Waals surface area contributed by atoms with Gasteiger partial charge in [0.2, 0.25) is 0 Å². The monoisotopic (exact) mass is 320 g/mol. The average Bonchev–Trinajstić information content (AvgIpc) is 2.90. The zero-order valence-corrected chi connectivity index (χ0v) is 14.0. The minimum atomic E-state index is -0.184. The van der Waals surface area contributed by atoms with E-state index in [-0.39, 0.29) is 12.0 Å². The standard InChI is InChI=1S/C20H20N2O2/c1-13(2)24-16-10-8-15(9-11-16)12-18-20(23)22-19(21-18)17-7-5-4-6-14(17)3/h4-13H,1-3H3,(H,21,22,23)/b18-12+. The Bertz CT molecular complexity index is 818. The summed E-state index contributed by atoms with van der Waals surface area (Å²) < 4.78 is 5.62. The molecule has 2 aromatic rings. The van der Waals surface area contributed by atoms with Gasteiger partial charge < -0.3 is 10.1 Å². The molecule has 1 amide bonds. The summed E-state index contributed by atoms with van der Waals surface area (Å²) in [5.41, 5.74) is 3.33. The van der Waals surface area contributed by atoms with Gasteiger partial charge in [0.15, 0.2) is 0 Å². The van der Waals surface area contributed by atoms with Crippen molar-refractivity contribution in [3.63, 3.8) is 0 Å². The van der Waals surface area contributed by atoms with E-state index in [1.807, 2.05) is 69.3 Å². The highest BCUT2D eigenvalue weighted by Gasteiger charge is 2.21. The zero-order chi connectivity index (χ0) is 17.1. The number of amidine groups is 1. The number of rotatable bonds is 4. The zero-order valence-electron chi connectivity index (χ0n) is 14.0. The fourth-order valence-corrected chi connectivity index (χ4v) is 2.51. The number of hydrogen-bond acceptors (Lipinski definition) is 3. The molecule has 2 aromatic carbocycles. The Morgan fingerprint density at radius 1 is 1.08 bits per heavy atom. The first-order valence-corrected chi connectivity index (χ1v) is 7.97. The summed E-state index contributed by atoms with van der Waals surface area (Å²) in [6, 6.07) is 15.5. The van der Waals surface area contributed by atoms with Crippen LogP contribution in [-0.2, 0) is 4.79 Å². The van der Waals surface area contributed by atoms with Gasteiger partial charge >= 0.3 is 0 Å². The highest BCUT2D eigenvalue weighted by atomic mass is 16.5. The van der Waals surface area contributed by atoms with E-state index < -0.39 is 0 Å². The molecule has 4 nitrogen and oxygen atoms in total. The number of aryl methyl sites for hydroxylation is 1. The summed E-state index contributed by atoms with van der Waals surface area (Å²) in [4.78, 5) is 16.6. The van der Waals surface area contributed by atoms with Gasteiger partial charge in [-0.15, -0.1) is 0 Å². The van der Waals surface area contributed by atoms with Crippen LogP contribution in [0.1, 0.15) is 30.5 Å². The molecule has 122 valence electrons. The van der Waals surface area contributed by atoms with Crippen molar-refractivity contribution in [1.29, 1.82) is 0 Å². The molecule has 0 bridgehead atoms. The van der Waals surface area contributed by atoms with Gasteiger partial charge in [-0.05, 0) is 50.1 Å². The van der Waals surface area contributed by atoms with Crippen molar-refractivity contribution >= 4 is 17.8 Å². The minimum absolute atomic E-state index is 0.135. The molecular formula is C20H20N2O2. The van der Waals surface area contributed by atoms with E-state index in [0.29, 0.717) is 11.5 Å². The highest BCUT2D eigenvalue weighted by molar-refractivity contribution is 6.20. The molecule has 1 aliphatic heterocycles. The van der Waals surface area contributed by atoms with Crippen molar-refractivity contribution in [2.45, 2.75) is 26.9 Å². The van der Waals surface area contributed by atoms with Crippen LogP contribution < -0.4 is 10.1 Å². The maximum Gasteiger partial charge on any atom is 0.275 e. The Labute approximate surface area is 141 Å². The van der Waals surface area contributed by atoms with E-state index in [1.165, 1.54) is 0 Å². The summed E-state index contributed by atoms with van der Waals surface area (Å²) in [5.74, 6) is 1.23. The van der Waals surface area contributed by atoms with Crippen LogP contribution in [0.5, 0.6) is 5.75 Å². The molecule has 0 aromatic heterocycles. The molecule has 1 heterocycles. The van der Waals surface area contributed by atoms with Gasteiger partial charge in [0.1, 0.15) is 17.3 Å². The van der Waals surface area contributed by atoms with Gasteiger partial charge in [0.25, 0.3) is 5.91 Å². The second kappa shape index (κ2) is 6.71. The fraction of sp³-hybridized carbons (Fsp3) is 0.200. The molecule has 0 radical (unpaired) electrons. The Balaban J connectivity index is 1.85. The van der Waals surface area contributed by atoms with Gasteiger partial charge in [-0.1, -0.05) is 36.4 Å². The Hall–Kier alpha value is -2.88. The number of aliphatic imine (C=N–C) groups is 1. The molecule has 0 saturated heterocycles. The molecule has 0 unspecified atom stereocenters. The normalized spacial score (nSPS) is 15.6. The number of benzene rings is 2. The molecule has 0 fully saturated rings. The summed E-state index contributed by atoms with van der Waals surface area (Å²) in [5, 5.41) is 2.84. The predicted molar refractivity (Wildman–Crippen MR) is 96.0 cm³/mol. The van der Waals surface area contributed by atoms with Crippen molar-refractivity contribution in [1.82, 2.24) is 5.32 Å². The molecule has 4 heteroatoms. The van der Waals surface area contributed by atoms with Gasteiger partial charge in [-0.2, -0.15) is 0 Å². The lowest BCUT2D eigenvalue weighted by Crippen LogP contribution is -2.25. The van der Waals surface area contributed by atoms with Gasteiger partial charge in [-0.25, -0.2) is 4.99 Å². The lowest BCUT2D eigenvalue weighted by atomic mass is 10.1. The molecular weight excluding hydrogens is 300 g/mol. The number of nitrogens with one attached hydrogen (secondary N) is 1. The maximum atomic E-state index is 12.2. The first-order valence-electron chi connectivity index (χ1n) is 7.97. The van der Waals surface area contributed by atoms with Crippen LogP contribution >= 0.6 is 0 Å². The van der Waals surface area contributed by atoms with Crippen LogP contribution in [0.25, 0.3) is 6.08 Å². The topological polar surface area (TPSA) is 50.7 Å². The molecule has 0 aliphatic carbocycles. The Kier molecular flexibility index (Phi) is 4.47. The lowest BCUT2D eigenvalue weighted by molar-refractivity contribution is -0.115. The van der Waals surface area contributed by atoms with Crippen LogP contribution in [-0.4, -0.2) is 17.8 Å². The molecule has 1 aliphatic rings. The third-order valence-corrected chi connectivity index (χ3v) is 3.65. The fourth-order valence-electron chi connectivity index (χ4n) is 2.51. The number of carbonyl (C=O) groups excluding carboxylic acids is 1. The van der Waals surface area contributed by atoms with Crippen molar-refractivity contribution in [2.75, 3.05) is 0 Å². The van der Waals surface area contributed by atoms with Crippen molar-refractivity contribution in [3.05, 3.63) is 70.9 Å². The van der Waals surface area contributed by atoms with Crippen LogP contribution in [0, 0.1) is 6.92 Å². The first kappa shape index (κ1) is 16.0. The van der Waals surface area contributed by atoms with Crippen molar-refractivity contribution < 1.29 is 9.53 Å². The maximum absolute atomic E-state index is 12.2. The van der Waals surface area contributed by atoms with E-state index in [0.717, 1.165) is 22.4 Å². The number of carbonyl (C=O) groups is 1.